The first-order valence-corrected chi connectivity index (χ1v) is 32.2. The molecule has 1 unspecified atom stereocenters. The molecule has 0 aliphatic carbocycles. The van der Waals surface area contributed by atoms with E-state index in [0.29, 0.717) is 19.3 Å². The topological polar surface area (TPSA) is 78.9 Å². The van der Waals surface area contributed by atoms with Gasteiger partial charge in [0.05, 0.1) is 0 Å². The number of allylic oxidation sites excluding steroid dienone is 16. The van der Waals surface area contributed by atoms with Crippen molar-refractivity contribution < 1.29 is 28.6 Å². The van der Waals surface area contributed by atoms with E-state index in [0.717, 1.165) is 103 Å². The lowest BCUT2D eigenvalue weighted by Crippen LogP contribution is -2.30. The van der Waals surface area contributed by atoms with Crippen molar-refractivity contribution in [1.29, 1.82) is 0 Å². The lowest BCUT2D eigenvalue weighted by atomic mass is 10.0. The summed E-state index contributed by atoms with van der Waals surface area (Å²) in [5.74, 6) is -0.928. The maximum atomic E-state index is 12.9. The number of unbranched alkanes of at least 4 members (excludes halogenated alkanes) is 31. The zero-order valence-electron chi connectivity index (χ0n) is 50.0. The first-order valence-electron chi connectivity index (χ1n) is 32.2. The predicted molar refractivity (Wildman–Crippen MR) is 330 cm³/mol. The van der Waals surface area contributed by atoms with Gasteiger partial charge in [0.25, 0.3) is 0 Å². The molecule has 0 N–H and O–H groups in total. The summed E-state index contributed by atoms with van der Waals surface area (Å²) in [4.78, 5) is 38.3. The van der Waals surface area contributed by atoms with Crippen LogP contribution in [0.15, 0.2) is 97.2 Å². The van der Waals surface area contributed by atoms with Crippen molar-refractivity contribution in [3.63, 3.8) is 0 Å². The highest BCUT2D eigenvalue weighted by Crippen LogP contribution is 2.16. The number of rotatable bonds is 58. The molecule has 0 fully saturated rings. The number of hydrogen-bond acceptors (Lipinski definition) is 6. The number of carbonyl (C=O) groups excluding carboxylic acids is 3. The van der Waals surface area contributed by atoms with Gasteiger partial charge in [0.2, 0.25) is 0 Å². The van der Waals surface area contributed by atoms with Gasteiger partial charge in [-0.25, -0.2) is 0 Å². The molecule has 0 aliphatic heterocycles. The molecular weight excluding hydrogens is 937 g/mol. The van der Waals surface area contributed by atoms with Gasteiger partial charge in [0.1, 0.15) is 13.2 Å². The molecule has 0 radical (unpaired) electrons. The summed E-state index contributed by atoms with van der Waals surface area (Å²) in [7, 11) is 0. The average Bonchev–Trinajstić information content (AvgIpc) is 3.42. The van der Waals surface area contributed by atoms with Crippen LogP contribution in [0.4, 0.5) is 0 Å². The number of ether oxygens (including phenoxy) is 3. The van der Waals surface area contributed by atoms with Gasteiger partial charge in [-0.1, -0.05) is 285 Å². The van der Waals surface area contributed by atoms with Crippen LogP contribution in [0.25, 0.3) is 0 Å². The molecule has 76 heavy (non-hydrogen) atoms. The van der Waals surface area contributed by atoms with Gasteiger partial charge >= 0.3 is 17.9 Å². The lowest BCUT2D eigenvalue weighted by Gasteiger charge is -2.18. The van der Waals surface area contributed by atoms with Gasteiger partial charge in [-0.2, -0.15) is 0 Å². The molecule has 436 valence electrons. The van der Waals surface area contributed by atoms with Gasteiger partial charge < -0.3 is 14.2 Å². The summed E-state index contributed by atoms with van der Waals surface area (Å²) in [6.45, 7) is 6.51. The summed E-state index contributed by atoms with van der Waals surface area (Å²) in [5.41, 5.74) is 0. The molecule has 0 saturated heterocycles. The van der Waals surface area contributed by atoms with Crippen LogP contribution >= 0.6 is 0 Å². The fraction of sp³-hybridized carbons (Fsp3) is 0.729. The van der Waals surface area contributed by atoms with Crippen molar-refractivity contribution in [3.05, 3.63) is 97.2 Å². The second-order valence-electron chi connectivity index (χ2n) is 21.3. The van der Waals surface area contributed by atoms with Crippen molar-refractivity contribution >= 4 is 17.9 Å². The Hall–Kier alpha value is -3.67. The van der Waals surface area contributed by atoms with Crippen LogP contribution in [0.1, 0.15) is 310 Å². The maximum absolute atomic E-state index is 12.9. The molecule has 0 heterocycles. The van der Waals surface area contributed by atoms with Crippen molar-refractivity contribution in [2.24, 2.45) is 0 Å². The fourth-order valence-corrected chi connectivity index (χ4v) is 9.01. The highest BCUT2D eigenvalue weighted by molar-refractivity contribution is 5.71. The highest BCUT2D eigenvalue weighted by Gasteiger charge is 2.19. The second-order valence-corrected chi connectivity index (χ2v) is 21.3. The molecule has 0 amide bonds. The largest absolute Gasteiger partial charge is 0.462 e. The molecule has 0 bridgehead atoms. The van der Waals surface area contributed by atoms with Gasteiger partial charge in [-0.15, -0.1) is 0 Å². The number of hydrogen-bond donors (Lipinski definition) is 0. The Morgan fingerprint density at radius 3 is 0.829 bits per heavy atom. The second kappa shape index (κ2) is 63.9. The standard InChI is InChI=1S/C70H120O6/c1-4-7-10-13-16-19-22-25-28-31-33-35-37-39-42-45-48-51-54-57-60-63-69(72)75-66-67(65-74-68(71)62-59-56-53-50-47-44-41-30-27-24-21-18-15-12-9-6-3)76-70(73)64-61-58-55-52-49-46-43-40-38-36-34-32-29-26-23-20-17-14-11-8-5-2/h7,10,16,19,23,25-26,28,32-35,39,42,48,51,67H,4-6,8-9,11-15,17-18,20-22,24,27,29-31,36-38,40-41,43-47,49-50,52-66H2,1-3H3/b10-7-,19-16-,26-23-,28-25-,34-32-,35-33-,42-39-,51-48-. The summed E-state index contributed by atoms with van der Waals surface area (Å²) in [6, 6.07) is 0. The Bertz CT molecular complexity index is 1490. The van der Waals surface area contributed by atoms with Crippen LogP contribution in [0, 0.1) is 0 Å². The number of carbonyl (C=O) groups is 3. The monoisotopic (exact) mass is 1060 g/mol. The molecule has 0 aliphatic rings. The van der Waals surface area contributed by atoms with Gasteiger partial charge in [-0.05, 0) is 103 Å². The predicted octanol–water partition coefficient (Wildman–Crippen LogP) is 22.0. The number of esters is 3. The van der Waals surface area contributed by atoms with Crippen LogP contribution in [0.2, 0.25) is 0 Å². The quantitative estimate of drug-likeness (QED) is 0.0261. The van der Waals surface area contributed by atoms with Gasteiger partial charge in [0.15, 0.2) is 6.10 Å². The van der Waals surface area contributed by atoms with Crippen molar-refractivity contribution in [3.8, 4) is 0 Å². The highest BCUT2D eigenvalue weighted by atomic mass is 16.6. The molecule has 6 heteroatoms. The Balaban J connectivity index is 4.45. The van der Waals surface area contributed by atoms with Crippen LogP contribution in [-0.4, -0.2) is 37.2 Å². The SMILES string of the molecule is CC/C=C\C/C=C\C/C=C\C/C=C\C/C=C\C/C=C\CCCCC(=O)OCC(COC(=O)CCCCCCCCCCCCCCCCCC)OC(=O)CCCCCCCCCCC/C=C\C/C=C\CCCCCCC. The van der Waals surface area contributed by atoms with Crippen molar-refractivity contribution in [2.75, 3.05) is 13.2 Å². The van der Waals surface area contributed by atoms with Gasteiger partial charge in [-0.3, -0.25) is 14.4 Å². The summed E-state index contributed by atoms with van der Waals surface area (Å²) in [5, 5.41) is 0. The molecule has 0 spiro atoms. The zero-order valence-corrected chi connectivity index (χ0v) is 50.0. The molecule has 0 aromatic heterocycles. The minimum Gasteiger partial charge on any atom is -0.462 e. The van der Waals surface area contributed by atoms with Crippen molar-refractivity contribution in [1.82, 2.24) is 0 Å². The normalized spacial score (nSPS) is 12.7. The first-order chi connectivity index (χ1) is 37.5. The van der Waals surface area contributed by atoms with Crippen LogP contribution in [0.3, 0.4) is 0 Å². The fourth-order valence-electron chi connectivity index (χ4n) is 9.01. The van der Waals surface area contributed by atoms with Crippen LogP contribution in [0.5, 0.6) is 0 Å². The van der Waals surface area contributed by atoms with Crippen LogP contribution in [-0.2, 0) is 28.6 Å². The molecular formula is C70H120O6. The van der Waals surface area contributed by atoms with Crippen LogP contribution < -0.4 is 0 Å². The minimum absolute atomic E-state index is 0.0909. The van der Waals surface area contributed by atoms with E-state index in [4.69, 9.17) is 14.2 Å². The van der Waals surface area contributed by atoms with Crippen molar-refractivity contribution in [2.45, 2.75) is 316 Å². The summed E-state index contributed by atoms with van der Waals surface area (Å²) >= 11 is 0. The Morgan fingerprint density at radius 2 is 0.513 bits per heavy atom. The molecule has 0 saturated carbocycles. The average molecular weight is 1060 g/mol. The lowest BCUT2D eigenvalue weighted by molar-refractivity contribution is -0.167. The molecule has 0 aromatic carbocycles. The van der Waals surface area contributed by atoms with E-state index in [1.807, 2.05) is 0 Å². The molecule has 0 rings (SSSR count). The van der Waals surface area contributed by atoms with E-state index < -0.39 is 6.10 Å². The Kier molecular flexibility index (Phi) is 60.8. The third-order valence-electron chi connectivity index (χ3n) is 13.8. The summed E-state index contributed by atoms with van der Waals surface area (Å²) in [6.07, 6.45) is 85.5. The maximum Gasteiger partial charge on any atom is 0.306 e. The molecule has 1 atom stereocenters. The third kappa shape index (κ3) is 61.2. The van der Waals surface area contributed by atoms with E-state index in [1.165, 1.54) is 167 Å². The van der Waals surface area contributed by atoms with E-state index in [2.05, 4.69) is 118 Å². The van der Waals surface area contributed by atoms with Gasteiger partial charge in [0, 0.05) is 19.3 Å². The first kappa shape index (κ1) is 72.3. The smallest absolute Gasteiger partial charge is 0.306 e. The van der Waals surface area contributed by atoms with E-state index in [9.17, 15) is 14.4 Å². The Labute approximate surface area is 470 Å². The van der Waals surface area contributed by atoms with E-state index in [1.54, 1.807) is 0 Å². The van der Waals surface area contributed by atoms with E-state index in [-0.39, 0.29) is 31.1 Å². The van der Waals surface area contributed by atoms with E-state index >= 15 is 0 Å². The molecule has 0 aromatic rings. The summed E-state index contributed by atoms with van der Waals surface area (Å²) < 4.78 is 16.9. The molecule has 6 nitrogen and oxygen atoms in total. The zero-order chi connectivity index (χ0) is 55.0. The Morgan fingerprint density at radius 1 is 0.276 bits per heavy atom. The minimum atomic E-state index is -0.799. The third-order valence-corrected chi connectivity index (χ3v) is 13.8.